The number of likely N-dealkylation sites (N-methyl/N-ethyl adjacent to an activating group) is 1. The second-order valence-corrected chi connectivity index (χ2v) is 6.22. The Morgan fingerprint density at radius 3 is 2.62 bits per heavy atom. The molecule has 1 amide bonds. The topological polar surface area (TPSA) is 62.2 Å². The van der Waals surface area contributed by atoms with Crippen molar-refractivity contribution in [3.05, 3.63) is 47.5 Å². The van der Waals surface area contributed by atoms with Gasteiger partial charge in [-0.2, -0.15) is 0 Å². The Hall–Kier alpha value is -2.50. The number of aromatic nitrogens is 3. The molecule has 3 heterocycles. The molecule has 6 nitrogen and oxygen atoms in total. The lowest BCUT2D eigenvalue weighted by molar-refractivity contribution is 0.0790. The predicted octanol–water partition coefficient (Wildman–Crippen LogP) is 2.09. The lowest BCUT2D eigenvalue weighted by Gasteiger charge is -2.19. The van der Waals surface area contributed by atoms with Gasteiger partial charge in [0.05, 0.1) is 0 Å². The van der Waals surface area contributed by atoms with E-state index in [2.05, 4.69) is 19.9 Å². The normalized spacial score (nSPS) is 14.0. The van der Waals surface area contributed by atoms with Crippen LogP contribution in [0.25, 0.3) is 0 Å². The molecule has 0 spiro atoms. The van der Waals surface area contributed by atoms with Gasteiger partial charge in [-0.25, -0.2) is 9.97 Å². The molecule has 126 valence electrons. The molecule has 0 atom stereocenters. The third-order valence-electron chi connectivity index (χ3n) is 4.28. The van der Waals surface area contributed by atoms with Crippen molar-refractivity contribution < 1.29 is 4.79 Å². The summed E-state index contributed by atoms with van der Waals surface area (Å²) in [5, 5.41) is 0. The van der Waals surface area contributed by atoms with Crippen LogP contribution in [0.2, 0.25) is 0 Å². The number of hydrogen-bond acceptors (Lipinski definition) is 5. The predicted molar refractivity (Wildman–Crippen MR) is 93.1 cm³/mol. The average molecular weight is 325 g/mol. The zero-order valence-electron chi connectivity index (χ0n) is 14.3. The zero-order chi connectivity index (χ0) is 16.9. The molecule has 1 aliphatic heterocycles. The van der Waals surface area contributed by atoms with Gasteiger partial charge in [-0.1, -0.05) is 0 Å². The first-order valence-corrected chi connectivity index (χ1v) is 8.38. The maximum Gasteiger partial charge on any atom is 0.272 e. The molecule has 6 heteroatoms. The second-order valence-electron chi connectivity index (χ2n) is 6.22. The summed E-state index contributed by atoms with van der Waals surface area (Å²) in [4.78, 5) is 29.6. The summed E-state index contributed by atoms with van der Waals surface area (Å²) in [5.74, 6) is 0.619. The van der Waals surface area contributed by atoms with Crippen LogP contribution in [-0.4, -0.2) is 52.4 Å². The van der Waals surface area contributed by atoms with Gasteiger partial charge >= 0.3 is 0 Å². The lowest BCUT2D eigenvalue weighted by atomic mass is 10.2. The van der Waals surface area contributed by atoms with Gasteiger partial charge in [-0.3, -0.25) is 9.78 Å². The summed E-state index contributed by atoms with van der Waals surface area (Å²) in [6.07, 6.45) is 6.66. The number of hydrogen-bond donors (Lipinski definition) is 0. The summed E-state index contributed by atoms with van der Waals surface area (Å²) in [5.41, 5.74) is 2.47. The van der Waals surface area contributed by atoms with E-state index in [1.807, 2.05) is 26.1 Å². The Kier molecular flexibility index (Phi) is 5.03. The van der Waals surface area contributed by atoms with Crippen LogP contribution in [-0.2, 0) is 6.42 Å². The van der Waals surface area contributed by atoms with Crippen molar-refractivity contribution in [2.24, 2.45) is 0 Å². The third-order valence-corrected chi connectivity index (χ3v) is 4.28. The fourth-order valence-electron chi connectivity index (χ4n) is 2.86. The highest BCUT2D eigenvalue weighted by Gasteiger charge is 2.19. The van der Waals surface area contributed by atoms with Crippen molar-refractivity contribution in [3.8, 4) is 0 Å². The largest absolute Gasteiger partial charge is 0.341 e. The molecule has 1 saturated heterocycles. The van der Waals surface area contributed by atoms with Gasteiger partial charge in [0, 0.05) is 44.8 Å². The molecule has 2 aromatic rings. The molecule has 24 heavy (non-hydrogen) atoms. The standard InChI is InChI=1S/C18H23N5O/c1-14-13-16(21-18(20-14)23-10-3-4-11-23)17(24)22(2)12-7-15-5-8-19-9-6-15/h5-6,8-9,13H,3-4,7,10-12H2,1-2H3. The van der Waals surface area contributed by atoms with Crippen LogP contribution in [0.1, 0.15) is 34.6 Å². The molecule has 0 aromatic carbocycles. The van der Waals surface area contributed by atoms with Crippen LogP contribution < -0.4 is 4.90 Å². The third kappa shape index (κ3) is 3.88. The summed E-state index contributed by atoms with van der Waals surface area (Å²) in [6.45, 7) is 4.49. The van der Waals surface area contributed by atoms with Gasteiger partial charge in [0.1, 0.15) is 5.69 Å². The van der Waals surface area contributed by atoms with Crippen molar-refractivity contribution in [2.75, 3.05) is 31.6 Å². The van der Waals surface area contributed by atoms with Crippen molar-refractivity contribution in [2.45, 2.75) is 26.2 Å². The first-order chi connectivity index (χ1) is 11.6. The van der Waals surface area contributed by atoms with Gasteiger partial charge in [-0.15, -0.1) is 0 Å². The quantitative estimate of drug-likeness (QED) is 0.842. The average Bonchev–Trinajstić information content (AvgIpc) is 3.14. The minimum Gasteiger partial charge on any atom is -0.341 e. The van der Waals surface area contributed by atoms with Crippen LogP contribution in [0, 0.1) is 6.92 Å². The van der Waals surface area contributed by atoms with Crippen molar-refractivity contribution in [3.63, 3.8) is 0 Å². The number of pyridine rings is 1. The highest BCUT2D eigenvalue weighted by molar-refractivity contribution is 5.92. The smallest absolute Gasteiger partial charge is 0.272 e. The molecule has 0 unspecified atom stereocenters. The van der Waals surface area contributed by atoms with Crippen molar-refractivity contribution in [1.29, 1.82) is 0 Å². The van der Waals surface area contributed by atoms with E-state index in [0.29, 0.717) is 18.2 Å². The number of amides is 1. The number of aryl methyl sites for hydroxylation is 1. The number of nitrogens with zero attached hydrogens (tertiary/aromatic N) is 5. The van der Waals surface area contributed by atoms with E-state index in [-0.39, 0.29) is 5.91 Å². The molecule has 0 aliphatic carbocycles. The van der Waals surface area contributed by atoms with Crippen LogP contribution in [0.4, 0.5) is 5.95 Å². The highest BCUT2D eigenvalue weighted by atomic mass is 16.2. The molecular formula is C18H23N5O. The van der Waals surface area contributed by atoms with Crippen LogP contribution in [0.3, 0.4) is 0 Å². The second kappa shape index (κ2) is 7.38. The van der Waals surface area contributed by atoms with Gasteiger partial charge in [0.15, 0.2) is 0 Å². The number of rotatable bonds is 5. The van der Waals surface area contributed by atoms with Crippen molar-refractivity contribution >= 4 is 11.9 Å². The zero-order valence-corrected chi connectivity index (χ0v) is 14.3. The molecule has 2 aromatic heterocycles. The van der Waals surface area contributed by atoms with Gasteiger partial charge < -0.3 is 9.80 Å². The Bertz CT molecular complexity index is 698. The molecule has 0 bridgehead atoms. The fraction of sp³-hybridized carbons (Fsp3) is 0.444. The number of carbonyl (C=O) groups is 1. The van der Waals surface area contributed by atoms with E-state index < -0.39 is 0 Å². The SMILES string of the molecule is Cc1cc(C(=O)N(C)CCc2ccncc2)nc(N2CCCC2)n1. The van der Waals surface area contributed by atoms with Crippen molar-refractivity contribution in [1.82, 2.24) is 19.9 Å². The maximum absolute atomic E-state index is 12.7. The minimum absolute atomic E-state index is 0.0602. The molecule has 1 fully saturated rings. The molecule has 0 N–H and O–H groups in total. The summed E-state index contributed by atoms with van der Waals surface area (Å²) in [6, 6.07) is 5.71. The molecule has 0 saturated carbocycles. The number of anilines is 1. The van der Waals surface area contributed by atoms with Gasteiger partial charge in [0.25, 0.3) is 5.91 Å². The fourth-order valence-corrected chi connectivity index (χ4v) is 2.86. The van der Waals surface area contributed by atoms with E-state index in [0.717, 1.165) is 38.0 Å². The van der Waals surface area contributed by atoms with E-state index >= 15 is 0 Å². The Morgan fingerprint density at radius 1 is 1.21 bits per heavy atom. The summed E-state index contributed by atoms with van der Waals surface area (Å²) in [7, 11) is 1.82. The van der Waals surface area contributed by atoms with E-state index in [9.17, 15) is 4.79 Å². The summed E-state index contributed by atoms with van der Waals surface area (Å²) < 4.78 is 0. The molecule has 3 rings (SSSR count). The molecule has 0 radical (unpaired) electrons. The van der Waals surface area contributed by atoms with Crippen LogP contribution >= 0.6 is 0 Å². The monoisotopic (exact) mass is 325 g/mol. The van der Waals surface area contributed by atoms with E-state index in [1.54, 1.807) is 23.4 Å². The van der Waals surface area contributed by atoms with E-state index in [1.165, 1.54) is 5.56 Å². The highest BCUT2D eigenvalue weighted by Crippen LogP contribution is 2.17. The Balaban J connectivity index is 1.69. The summed E-state index contributed by atoms with van der Waals surface area (Å²) >= 11 is 0. The lowest BCUT2D eigenvalue weighted by Crippen LogP contribution is -2.30. The van der Waals surface area contributed by atoms with E-state index in [4.69, 9.17) is 0 Å². The molecule has 1 aliphatic rings. The minimum atomic E-state index is -0.0602. The van der Waals surface area contributed by atoms with Crippen LogP contribution in [0.15, 0.2) is 30.6 Å². The van der Waals surface area contributed by atoms with Gasteiger partial charge in [-0.05, 0) is 49.9 Å². The number of carbonyl (C=O) groups excluding carboxylic acids is 1. The maximum atomic E-state index is 12.7. The first kappa shape index (κ1) is 16.4. The van der Waals surface area contributed by atoms with Gasteiger partial charge in [0.2, 0.25) is 5.95 Å². The first-order valence-electron chi connectivity index (χ1n) is 8.38. The Labute approximate surface area is 142 Å². The van der Waals surface area contributed by atoms with Crippen LogP contribution in [0.5, 0.6) is 0 Å². The Morgan fingerprint density at radius 2 is 1.92 bits per heavy atom. The molecular weight excluding hydrogens is 302 g/mol.